The Kier molecular flexibility index (Phi) is 6.32. The number of aromatic amines is 1. The van der Waals surface area contributed by atoms with Crippen LogP contribution in [0.25, 0.3) is 0 Å². The van der Waals surface area contributed by atoms with E-state index in [9.17, 15) is 9.59 Å². The van der Waals surface area contributed by atoms with Gasteiger partial charge in [0.1, 0.15) is 5.56 Å². The standard InChI is InChI=1S/C19H25N3O2/c1-4-22(5-2)13-16-9-7-15(8-10-16)12-20-18(23)17-11-6-14(3)21-19(17)24/h6-11H,4-5,12-13H2,1-3H3,(H,20,23)(H,21,24). The number of rotatable bonds is 7. The third-order valence-corrected chi connectivity index (χ3v) is 4.08. The summed E-state index contributed by atoms with van der Waals surface area (Å²) < 4.78 is 0. The Hall–Kier alpha value is -2.40. The van der Waals surface area contributed by atoms with E-state index in [1.807, 2.05) is 12.1 Å². The Morgan fingerprint density at radius 3 is 2.25 bits per heavy atom. The van der Waals surface area contributed by atoms with Crippen molar-refractivity contribution in [3.8, 4) is 0 Å². The molecule has 0 bridgehead atoms. The van der Waals surface area contributed by atoms with Crippen LogP contribution in [0.5, 0.6) is 0 Å². The first-order valence-electron chi connectivity index (χ1n) is 8.31. The number of H-pyrrole nitrogens is 1. The highest BCUT2D eigenvalue weighted by Gasteiger charge is 2.10. The van der Waals surface area contributed by atoms with E-state index in [0.29, 0.717) is 6.54 Å². The van der Waals surface area contributed by atoms with Gasteiger partial charge in [0.2, 0.25) is 0 Å². The van der Waals surface area contributed by atoms with Crippen molar-refractivity contribution >= 4 is 5.91 Å². The fourth-order valence-corrected chi connectivity index (χ4v) is 2.50. The normalized spacial score (nSPS) is 10.8. The molecule has 0 aliphatic carbocycles. The molecule has 0 aliphatic heterocycles. The number of hydrogen-bond donors (Lipinski definition) is 2. The molecule has 24 heavy (non-hydrogen) atoms. The first-order chi connectivity index (χ1) is 11.5. The molecule has 2 aromatic rings. The smallest absolute Gasteiger partial charge is 0.260 e. The van der Waals surface area contributed by atoms with Crippen molar-refractivity contribution in [1.82, 2.24) is 15.2 Å². The number of pyridine rings is 1. The van der Waals surface area contributed by atoms with Crippen LogP contribution in [0, 0.1) is 6.92 Å². The number of benzene rings is 1. The highest BCUT2D eigenvalue weighted by Crippen LogP contribution is 2.08. The van der Waals surface area contributed by atoms with Crippen molar-refractivity contribution < 1.29 is 4.79 Å². The molecule has 0 atom stereocenters. The molecule has 0 fully saturated rings. The summed E-state index contributed by atoms with van der Waals surface area (Å²) in [5.41, 5.74) is 2.78. The minimum Gasteiger partial charge on any atom is -0.348 e. The van der Waals surface area contributed by atoms with Crippen LogP contribution >= 0.6 is 0 Å². The van der Waals surface area contributed by atoms with Crippen molar-refractivity contribution in [3.05, 3.63) is 69.1 Å². The quantitative estimate of drug-likeness (QED) is 0.821. The Bertz CT molecular complexity index is 731. The predicted octanol–water partition coefficient (Wildman–Crippen LogP) is 2.46. The molecule has 128 valence electrons. The van der Waals surface area contributed by atoms with E-state index >= 15 is 0 Å². The summed E-state index contributed by atoms with van der Waals surface area (Å²) in [4.78, 5) is 28.9. The van der Waals surface area contributed by atoms with Crippen molar-refractivity contribution in [2.75, 3.05) is 13.1 Å². The Morgan fingerprint density at radius 2 is 1.67 bits per heavy atom. The zero-order chi connectivity index (χ0) is 17.5. The van der Waals surface area contributed by atoms with E-state index in [2.05, 4.69) is 41.2 Å². The van der Waals surface area contributed by atoms with Crippen molar-refractivity contribution in [1.29, 1.82) is 0 Å². The Balaban J connectivity index is 1.94. The van der Waals surface area contributed by atoms with Crippen LogP contribution < -0.4 is 10.9 Å². The molecule has 0 spiro atoms. The van der Waals surface area contributed by atoms with Crippen LogP contribution in [0.4, 0.5) is 0 Å². The fourth-order valence-electron chi connectivity index (χ4n) is 2.50. The molecule has 0 unspecified atom stereocenters. The molecule has 2 N–H and O–H groups in total. The molecule has 0 saturated carbocycles. The third-order valence-electron chi connectivity index (χ3n) is 4.08. The van der Waals surface area contributed by atoms with Gasteiger partial charge in [-0.1, -0.05) is 38.1 Å². The Labute approximate surface area is 142 Å². The number of aromatic nitrogens is 1. The van der Waals surface area contributed by atoms with Crippen molar-refractivity contribution in [2.45, 2.75) is 33.9 Å². The molecule has 1 heterocycles. The van der Waals surface area contributed by atoms with Gasteiger partial charge >= 0.3 is 0 Å². The zero-order valence-corrected chi connectivity index (χ0v) is 14.6. The highest BCUT2D eigenvalue weighted by molar-refractivity contribution is 5.93. The van der Waals surface area contributed by atoms with Gasteiger partial charge < -0.3 is 10.3 Å². The summed E-state index contributed by atoms with van der Waals surface area (Å²) in [5.74, 6) is -0.358. The van der Waals surface area contributed by atoms with Crippen molar-refractivity contribution in [2.24, 2.45) is 0 Å². The van der Waals surface area contributed by atoms with E-state index in [1.165, 1.54) is 5.56 Å². The fraction of sp³-hybridized carbons (Fsp3) is 0.368. The van der Waals surface area contributed by atoms with Gasteiger partial charge in [0.25, 0.3) is 11.5 Å². The number of aryl methyl sites for hydroxylation is 1. The molecule has 2 rings (SSSR count). The average molecular weight is 327 g/mol. The van der Waals surface area contributed by atoms with Crippen molar-refractivity contribution in [3.63, 3.8) is 0 Å². The zero-order valence-electron chi connectivity index (χ0n) is 14.6. The van der Waals surface area contributed by atoms with Gasteiger partial charge in [0, 0.05) is 18.8 Å². The molecule has 1 amide bonds. The average Bonchev–Trinajstić information content (AvgIpc) is 2.58. The second kappa shape index (κ2) is 8.45. The minimum absolute atomic E-state index is 0.138. The van der Waals surface area contributed by atoms with Gasteiger partial charge in [-0.25, -0.2) is 0 Å². The Morgan fingerprint density at radius 1 is 1.04 bits per heavy atom. The number of hydrogen-bond acceptors (Lipinski definition) is 3. The molecular weight excluding hydrogens is 302 g/mol. The van der Waals surface area contributed by atoms with Crippen LogP contribution in [0.2, 0.25) is 0 Å². The van der Waals surface area contributed by atoms with Gasteiger partial charge in [0.05, 0.1) is 0 Å². The van der Waals surface area contributed by atoms with E-state index < -0.39 is 0 Å². The number of amides is 1. The summed E-state index contributed by atoms with van der Waals surface area (Å²) in [7, 11) is 0. The topological polar surface area (TPSA) is 65.2 Å². The molecule has 1 aromatic heterocycles. The van der Waals surface area contributed by atoms with E-state index in [4.69, 9.17) is 0 Å². The lowest BCUT2D eigenvalue weighted by Crippen LogP contribution is -2.29. The molecule has 1 aromatic carbocycles. The second-order valence-corrected chi connectivity index (χ2v) is 5.84. The monoisotopic (exact) mass is 327 g/mol. The summed E-state index contributed by atoms with van der Waals surface area (Å²) in [6, 6.07) is 11.5. The summed E-state index contributed by atoms with van der Waals surface area (Å²) in [6.07, 6.45) is 0. The largest absolute Gasteiger partial charge is 0.348 e. The van der Waals surface area contributed by atoms with Crippen LogP contribution in [-0.4, -0.2) is 28.9 Å². The van der Waals surface area contributed by atoms with Gasteiger partial charge in [-0.05, 0) is 43.3 Å². The number of nitrogens with one attached hydrogen (secondary N) is 2. The van der Waals surface area contributed by atoms with Crippen LogP contribution in [0.1, 0.15) is 41.0 Å². The third kappa shape index (κ3) is 4.80. The lowest BCUT2D eigenvalue weighted by atomic mass is 10.1. The summed E-state index contributed by atoms with van der Waals surface area (Å²) in [5, 5.41) is 2.79. The van der Waals surface area contributed by atoms with Gasteiger partial charge in [-0.2, -0.15) is 0 Å². The number of nitrogens with zero attached hydrogens (tertiary/aromatic N) is 1. The lowest BCUT2D eigenvalue weighted by molar-refractivity contribution is 0.0949. The van der Waals surface area contributed by atoms with Crippen LogP contribution in [-0.2, 0) is 13.1 Å². The molecular formula is C19H25N3O2. The highest BCUT2D eigenvalue weighted by atomic mass is 16.2. The second-order valence-electron chi connectivity index (χ2n) is 5.84. The molecule has 0 saturated heterocycles. The first-order valence-corrected chi connectivity index (χ1v) is 8.31. The minimum atomic E-state index is -0.359. The van der Waals surface area contributed by atoms with Crippen LogP contribution in [0.3, 0.4) is 0 Å². The maximum atomic E-state index is 12.1. The summed E-state index contributed by atoms with van der Waals surface area (Å²) in [6.45, 7) is 9.47. The van der Waals surface area contributed by atoms with E-state index in [1.54, 1.807) is 19.1 Å². The van der Waals surface area contributed by atoms with Gasteiger partial charge in [-0.15, -0.1) is 0 Å². The molecule has 0 radical (unpaired) electrons. The summed E-state index contributed by atoms with van der Waals surface area (Å²) >= 11 is 0. The number of carbonyl (C=O) groups is 1. The molecule has 5 nitrogen and oxygen atoms in total. The van der Waals surface area contributed by atoms with Gasteiger partial charge in [0.15, 0.2) is 0 Å². The molecule has 0 aliphatic rings. The van der Waals surface area contributed by atoms with E-state index in [0.717, 1.165) is 30.9 Å². The first kappa shape index (κ1) is 17.9. The predicted molar refractivity (Wildman–Crippen MR) is 96.0 cm³/mol. The number of carbonyl (C=O) groups excluding carboxylic acids is 1. The SMILES string of the molecule is CCN(CC)Cc1ccc(CNC(=O)c2ccc(C)[nH]c2=O)cc1. The maximum absolute atomic E-state index is 12.1. The molecule has 5 heteroatoms. The lowest BCUT2D eigenvalue weighted by Gasteiger charge is -2.18. The van der Waals surface area contributed by atoms with Crippen LogP contribution in [0.15, 0.2) is 41.2 Å². The van der Waals surface area contributed by atoms with E-state index in [-0.39, 0.29) is 17.0 Å². The van der Waals surface area contributed by atoms with Gasteiger partial charge in [-0.3, -0.25) is 14.5 Å². The maximum Gasteiger partial charge on any atom is 0.260 e.